The number of nitrogens with zero attached hydrogens (tertiary/aromatic N) is 2. The van der Waals surface area contributed by atoms with E-state index in [9.17, 15) is 4.79 Å². The Morgan fingerprint density at radius 2 is 2.10 bits per heavy atom. The first kappa shape index (κ1) is 12.2. The topological polar surface area (TPSA) is 94.0 Å². The van der Waals surface area contributed by atoms with Gasteiger partial charge in [-0.05, 0) is 19.1 Å². The predicted molar refractivity (Wildman–Crippen MR) is 75.3 cm³/mol. The number of nitrogens with one attached hydrogen (secondary N) is 1. The highest BCUT2D eigenvalue weighted by Crippen LogP contribution is 2.20. The van der Waals surface area contributed by atoms with Crippen molar-refractivity contribution in [3.8, 4) is 0 Å². The van der Waals surface area contributed by atoms with E-state index in [1.807, 2.05) is 18.2 Å². The summed E-state index contributed by atoms with van der Waals surface area (Å²) in [6, 6.07) is 10.6. The minimum Gasteiger partial charge on any atom is -0.398 e. The van der Waals surface area contributed by atoms with E-state index >= 15 is 0 Å². The Morgan fingerprint density at radius 1 is 1.30 bits per heavy atom. The number of hydrogen-bond donors (Lipinski definition) is 2. The smallest absolute Gasteiger partial charge is 0.276 e. The first-order chi connectivity index (χ1) is 9.63. The number of hydrogen-bond acceptors (Lipinski definition) is 5. The number of rotatable bonds is 2. The number of anilines is 2. The highest BCUT2D eigenvalue weighted by molar-refractivity contribution is 6.05. The third-order valence-corrected chi connectivity index (χ3v) is 2.85. The summed E-state index contributed by atoms with van der Waals surface area (Å²) >= 11 is 0. The first-order valence-corrected chi connectivity index (χ1v) is 6.03. The van der Waals surface area contributed by atoms with Crippen LogP contribution in [0.1, 0.15) is 16.2 Å². The normalized spacial score (nSPS) is 10.7. The average molecular weight is 268 g/mol. The Labute approximate surface area is 114 Å². The van der Waals surface area contributed by atoms with Crippen LogP contribution in [-0.2, 0) is 0 Å². The monoisotopic (exact) mass is 268 g/mol. The molecule has 0 unspecified atom stereocenters. The van der Waals surface area contributed by atoms with E-state index in [1.54, 1.807) is 25.1 Å². The van der Waals surface area contributed by atoms with Crippen molar-refractivity contribution >= 4 is 28.4 Å². The van der Waals surface area contributed by atoms with Gasteiger partial charge < -0.3 is 10.3 Å². The Bertz CT molecular complexity index is 795. The van der Waals surface area contributed by atoms with E-state index in [2.05, 4.69) is 15.5 Å². The molecule has 2 heterocycles. The van der Waals surface area contributed by atoms with Gasteiger partial charge in [-0.15, -0.1) is 0 Å². The predicted octanol–water partition coefficient (Wildman–Crippen LogP) is 2.37. The lowest BCUT2D eigenvalue weighted by Gasteiger charge is -2.05. The van der Waals surface area contributed by atoms with E-state index in [4.69, 9.17) is 10.3 Å². The average Bonchev–Trinajstić information content (AvgIpc) is 2.84. The van der Waals surface area contributed by atoms with Crippen LogP contribution in [-0.4, -0.2) is 16.0 Å². The maximum absolute atomic E-state index is 12.1. The molecule has 0 saturated heterocycles. The molecule has 0 aliphatic rings. The summed E-state index contributed by atoms with van der Waals surface area (Å²) in [6.07, 6.45) is 0. The van der Waals surface area contributed by atoms with Crippen LogP contribution in [0.15, 0.2) is 40.9 Å². The second-order valence-electron chi connectivity index (χ2n) is 4.40. The van der Waals surface area contributed by atoms with Gasteiger partial charge in [0, 0.05) is 17.1 Å². The molecule has 0 aliphatic carbocycles. The van der Waals surface area contributed by atoms with Crippen LogP contribution in [0.5, 0.6) is 0 Å². The lowest BCUT2D eigenvalue weighted by molar-refractivity contribution is 0.101. The molecule has 2 aromatic heterocycles. The molecule has 3 rings (SSSR count). The van der Waals surface area contributed by atoms with Crippen LogP contribution in [0.3, 0.4) is 0 Å². The zero-order chi connectivity index (χ0) is 14.1. The number of carbonyl (C=O) groups is 1. The molecule has 100 valence electrons. The van der Waals surface area contributed by atoms with E-state index in [-0.39, 0.29) is 11.6 Å². The van der Waals surface area contributed by atoms with Crippen LogP contribution < -0.4 is 11.1 Å². The van der Waals surface area contributed by atoms with Crippen molar-refractivity contribution in [2.45, 2.75) is 6.92 Å². The quantitative estimate of drug-likeness (QED) is 0.744. The van der Waals surface area contributed by atoms with Crippen molar-refractivity contribution in [3.05, 3.63) is 47.8 Å². The second kappa shape index (κ2) is 4.65. The van der Waals surface area contributed by atoms with Crippen molar-refractivity contribution in [2.75, 3.05) is 11.1 Å². The molecule has 6 nitrogen and oxygen atoms in total. The number of amides is 1. The van der Waals surface area contributed by atoms with Crippen LogP contribution in [0.25, 0.3) is 10.9 Å². The van der Waals surface area contributed by atoms with Crippen molar-refractivity contribution in [3.63, 3.8) is 0 Å². The fourth-order valence-electron chi connectivity index (χ4n) is 1.92. The largest absolute Gasteiger partial charge is 0.398 e. The molecule has 0 radical (unpaired) electrons. The molecule has 0 fully saturated rings. The van der Waals surface area contributed by atoms with Gasteiger partial charge in [0.15, 0.2) is 0 Å². The Hall–Kier alpha value is -2.89. The van der Waals surface area contributed by atoms with Gasteiger partial charge in [0.1, 0.15) is 5.69 Å². The zero-order valence-corrected chi connectivity index (χ0v) is 10.8. The number of carbonyl (C=O) groups excluding carboxylic acids is 1. The number of nitrogens with two attached hydrogens (primary N) is 1. The van der Waals surface area contributed by atoms with Gasteiger partial charge in [-0.2, -0.15) is 0 Å². The lowest BCUT2D eigenvalue weighted by Crippen LogP contribution is -2.13. The SMILES string of the molecule is Cc1cc(NC(=O)c2cc(N)c3ccccc3n2)on1. The van der Waals surface area contributed by atoms with Gasteiger partial charge in [0.2, 0.25) is 5.88 Å². The minimum absolute atomic E-state index is 0.232. The van der Waals surface area contributed by atoms with Crippen LogP contribution in [0.4, 0.5) is 11.6 Å². The number of aryl methyl sites for hydroxylation is 1. The number of para-hydroxylation sites is 1. The van der Waals surface area contributed by atoms with Crippen molar-refractivity contribution in [2.24, 2.45) is 0 Å². The van der Waals surface area contributed by atoms with Crippen LogP contribution >= 0.6 is 0 Å². The summed E-state index contributed by atoms with van der Waals surface area (Å²) < 4.78 is 4.93. The van der Waals surface area contributed by atoms with Crippen LogP contribution in [0, 0.1) is 6.92 Å². The molecular formula is C14H12N4O2. The molecule has 0 atom stereocenters. The maximum atomic E-state index is 12.1. The summed E-state index contributed by atoms with van der Waals surface area (Å²) in [4.78, 5) is 16.4. The highest BCUT2D eigenvalue weighted by atomic mass is 16.5. The number of pyridine rings is 1. The van der Waals surface area contributed by atoms with E-state index in [1.165, 1.54) is 0 Å². The van der Waals surface area contributed by atoms with Gasteiger partial charge in [0.25, 0.3) is 5.91 Å². The van der Waals surface area contributed by atoms with Gasteiger partial charge in [-0.3, -0.25) is 10.1 Å². The van der Waals surface area contributed by atoms with Crippen molar-refractivity contribution in [1.29, 1.82) is 0 Å². The molecule has 3 N–H and O–H groups in total. The molecular weight excluding hydrogens is 256 g/mol. The fourth-order valence-corrected chi connectivity index (χ4v) is 1.92. The Kier molecular flexibility index (Phi) is 2.83. The fraction of sp³-hybridized carbons (Fsp3) is 0.0714. The molecule has 0 bridgehead atoms. The maximum Gasteiger partial charge on any atom is 0.276 e. The number of benzene rings is 1. The highest BCUT2D eigenvalue weighted by Gasteiger charge is 2.13. The van der Waals surface area contributed by atoms with E-state index in [0.29, 0.717) is 16.9 Å². The number of nitrogen functional groups attached to an aromatic ring is 1. The first-order valence-electron chi connectivity index (χ1n) is 6.03. The van der Waals surface area contributed by atoms with Gasteiger partial charge in [-0.25, -0.2) is 4.98 Å². The molecule has 6 heteroatoms. The third kappa shape index (κ3) is 2.18. The summed E-state index contributed by atoms with van der Waals surface area (Å²) in [5, 5.41) is 7.10. The number of aromatic nitrogens is 2. The number of fused-ring (bicyclic) bond motifs is 1. The summed E-state index contributed by atoms with van der Waals surface area (Å²) in [5.74, 6) is -0.111. The lowest BCUT2D eigenvalue weighted by atomic mass is 10.1. The van der Waals surface area contributed by atoms with Gasteiger partial charge in [-0.1, -0.05) is 23.4 Å². The molecule has 1 amide bonds. The molecule has 0 aliphatic heterocycles. The summed E-state index contributed by atoms with van der Waals surface area (Å²) in [6.45, 7) is 1.77. The Balaban J connectivity index is 1.95. The second-order valence-corrected chi connectivity index (χ2v) is 4.40. The molecule has 20 heavy (non-hydrogen) atoms. The van der Waals surface area contributed by atoms with Crippen molar-refractivity contribution < 1.29 is 9.32 Å². The Morgan fingerprint density at radius 3 is 2.85 bits per heavy atom. The van der Waals surface area contributed by atoms with Gasteiger partial charge in [0.05, 0.1) is 11.2 Å². The molecule has 3 aromatic rings. The summed E-state index contributed by atoms with van der Waals surface area (Å²) in [7, 11) is 0. The van der Waals surface area contributed by atoms with E-state index in [0.717, 1.165) is 5.39 Å². The molecule has 1 aromatic carbocycles. The summed E-state index contributed by atoms with van der Waals surface area (Å²) in [5.41, 5.74) is 8.04. The molecule has 0 spiro atoms. The minimum atomic E-state index is -0.390. The van der Waals surface area contributed by atoms with Gasteiger partial charge >= 0.3 is 0 Å². The van der Waals surface area contributed by atoms with Crippen LogP contribution in [0.2, 0.25) is 0 Å². The van der Waals surface area contributed by atoms with E-state index < -0.39 is 5.91 Å². The van der Waals surface area contributed by atoms with Crippen molar-refractivity contribution in [1.82, 2.24) is 10.1 Å². The third-order valence-electron chi connectivity index (χ3n) is 2.85. The molecule has 0 saturated carbocycles. The standard InChI is InChI=1S/C14H12N4O2/c1-8-6-13(20-18-8)17-14(19)12-7-10(15)9-4-2-3-5-11(9)16-12/h2-7H,1H3,(H2,15,16)(H,17,19). The zero-order valence-electron chi connectivity index (χ0n) is 10.8.